The van der Waals surface area contributed by atoms with E-state index in [4.69, 9.17) is 4.43 Å². The largest absolute Gasteiger partial charge is 0.428 e. The Balaban J connectivity index is 1.99. The standard InChI is InChI=1S/C17H22OSi/c19-18-12-11-17(13-15-7-3-1-4-8-15)14-16-9-5-2-6-10-16/h1-10,17H,11-14H2,19H3. The second kappa shape index (κ2) is 7.92. The summed E-state index contributed by atoms with van der Waals surface area (Å²) in [6.07, 6.45) is 3.43. The summed E-state index contributed by atoms with van der Waals surface area (Å²) in [5.74, 6) is 0.666. The molecule has 2 rings (SSSR count). The first-order valence-electron chi connectivity index (χ1n) is 6.95. The first-order valence-corrected chi connectivity index (χ1v) is 7.77. The van der Waals surface area contributed by atoms with Gasteiger partial charge >= 0.3 is 0 Å². The van der Waals surface area contributed by atoms with Gasteiger partial charge in [0.2, 0.25) is 0 Å². The number of hydrogen-bond donors (Lipinski definition) is 0. The molecule has 0 bridgehead atoms. The minimum Gasteiger partial charge on any atom is -0.428 e. The summed E-state index contributed by atoms with van der Waals surface area (Å²) in [5.41, 5.74) is 2.86. The first-order chi connectivity index (χ1) is 9.38. The van der Waals surface area contributed by atoms with Gasteiger partial charge in [-0.2, -0.15) is 0 Å². The van der Waals surface area contributed by atoms with E-state index in [1.54, 1.807) is 0 Å². The molecular formula is C17H22OSi. The maximum Gasteiger partial charge on any atom is 0.145 e. The van der Waals surface area contributed by atoms with E-state index in [2.05, 4.69) is 60.7 Å². The molecule has 0 saturated carbocycles. The molecule has 0 radical (unpaired) electrons. The highest BCUT2D eigenvalue weighted by Crippen LogP contribution is 2.18. The van der Waals surface area contributed by atoms with Crippen molar-refractivity contribution in [1.82, 2.24) is 0 Å². The van der Waals surface area contributed by atoms with Crippen LogP contribution in [-0.4, -0.2) is 17.1 Å². The van der Waals surface area contributed by atoms with Gasteiger partial charge < -0.3 is 4.43 Å². The van der Waals surface area contributed by atoms with Gasteiger partial charge in [0.1, 0.15) is 10.5 Å². The number of benzene rings is 2. The SMILES string of the molecule is [SiH3]OCCC(Cc1ccccc1)Cc1ccccc1. The lowest BCUT2D eigenvalue weighted by Gasteiger charge is -2.17. The highest BCUT2D eigenvalue weighted by atomic mass is 28.2. The maximum absolute atomic E-state index is 5.39. The molecule has 0 fully saturated rings. The van der Waals surface area contributed by atoms with Crippen LogP contribution in [0.3, 0.4) is 0 Å². The molecule has 0 heterocycles. The third-order valence-corrected chi connectivity index (χ3v) is 3.87. The lowest BCUT2D eigenvalue weighted by Crippen LogP contribution is -2.11. The summed E-state index contributed by atoms with van der Waals surface area (Å²) in [4.78, 5) is 0. The van der Waals surface area contributed by atoms with E-state index in [0.29, 0.717) is 5.92 Å². The Morgan fingerprint density at radius 3 is 1.68 bits per heavy atom. The van der Waals surface area contributed by atoms with Crippen LogP contribution in [-0.2, 0) is 17.3 Å². The molecule has 1 nitrogen and oxygen atoms in total. The predicted molar refractivity (Wildman–Crippen MR) is 84.3 cm³/mol. The molecule has 2 heteroatoms. The molecule has 19 heavy (non-hydrogen) atoms. The summed E-state index contributed by atoms with van der Waals surface area (Å²) in [6, 6.07) is 21.5. The van der Waals surface area contributed by atoms with E-state index in [9.17, 15) is 0 Å². The van der Waals surface area contributed by atoms with E-state index >= 15 is 0 Å². The maximum atomic E-state index is 5.39. The van der Waals surface area contributed by atoms with Crippen molar-refractivity contribution in [3.05, 3.63) is 71.8 Å². The summed E-state index contributed by atoms with van der Waals surface area (Å²) in [5, 5.41) is 0. The van der Waals surface area contributed by atoms with Gasteiger partial charge in [-0.05, 0) is 36.3 Å². The highest BCUT2D eigenvalue weighted by molar-refractivity contribution is 5.97. The van der Waals surface area contributed by atoms with Crippen molar-refractivity contribution in [3.8, 4) is 0 Å². The van der Waals surface area contributed by atoms with E-state index in [0.717, 1.165) is 36.4 Å². The average Bonchev–Trinajstić information content (AvgIpc) is 2.47. The molecule has 0 spiro atoms. The van der Waals surface area contributed by atoms with Gasteiger partial charge in [-0.1, -0.05) is 60.7 Å². The van der Waals surface area contributed by atoms with Crippen molar-refractivity contribution < 1.29 is 4.43 Å². The Labute approximate surface area is 119 Å². The highest BCUT2D eigenvalue weighted by Gasteiger charge is 2.10. The van der Waals surface area contributed by atoms with Crippen molar-refractivity contribution in [2.24, 2.45) is 5.92 Å². The molecule has 100 valence electrons. The molecule has 0 aliphatic rings. The topological polar surface area (TPSA) is 9.23 Å². The third kappa shape index (κ3) is 5.01. The molecule has 0 amide bonds. The summed E-state index contributed by atoms with van der Waals surface area (Å²) in [6.45, 7) is 0.899. The third-order valence-electron chi connectivity index (χ3n) is 3.46. The Hall–Kier alpha value is -1.38. The molecule has 0 saturated heterocycles. The lowest BCUT2D eigenvalue weighted by atomic mass is 9.90. The Morgan fingerprint density at radius 1 is 0.789 bits per heavy atom. The van der Waals surface area contributed by atoms with Crippen molar-refractivity contribution in [3.63, 3.8) is 0 Å². The Morgan fingerprint density at radius 2 is 1.26 bits per heavy atom. The fraction of sp³-hybridized carbons (Fsp3) is 0.294. The van der Waals surface area contributed by atoms with Crippen LogP contribution in [0.25, 0.3) is 0 Å². The second-order valence-electron chi connectivity index (χ2n) is 5.03. The average molecular weight is 270 g/mol. The number of rotatable bonds is 7. The van der Waals surface area contributed by atoms with E-state index in [1.807, 2.05) is 0 Å². The quantitative estimate of drug-likeness (QED) is 0.703. The molecule has 0 aliphatic heterocycles. The summed E-state index contributed by atoms with van der Waals surface area (Å²) >= 11 is 0. The molecule has 0 unspecified atom stereocenters. The van der Waals surface area contributed by atoms with Crippen LogP contribution in [0.1, 0.15) is 17.5 Å². The Kier molecular flexibility index (Phi) is 5.85. The van der Waals surface area contributed by atoms with E-state index in [1.165, 1.54) is 11.1 Å². The van der Waals surface area contributed by atoms with Crippen molar-refractivity contribution >= 4 is 10.5 Å². The minimum atomic E-state index is 0.666. The van der Waals surface area contributed by atoms with Crippen LogP contribution >= 0.6 is 0 Å². The summed E-state index contributed by atoms with van der Waals surface area (Å²) < 4.78 is 5.39. The van der Waals surface area contributed by atoms with Gasteiger partial charge in [0.05, 0.1) is 0 Å². The van der Waals surface area contributed by atoms with Crippen molar-refractivity contribution in [2.75, 3.05) is 6.61 Å². The van der Waals surface area contributed by atoms with Crippen LogP contribution in [0.4, 0.5) is 0 Å². The van der Waals surface area contributed by atoms with Gasteiger partial charge in [0.15, 0.2) is 0 Å². The van der Waals surface area contributed by atoms with Gasteiger partial charge in [0.25, 0.3) is 0 Å². The zero-order chi connectivity index (χ0) is 13.3. The molecule has 2 aromatic rings. The second-order valence-corrected chi connectivity index (χ2v) is 5.60. The zero-order valence-corrected chi connectivity index (χ0v) is 13.6. The van der Waals surface area contributed by atoms with Crippen molar-refractivity contribution in [2.45, 2.75) is 19.3 Å². The normalized spacial score (nSPS) is 11.0. The van der Waals surface area contributed by atoms with Gasteiger partial charge in [-0.15, -0.1) is 0 Å². The lowest BCUT2D eigenvalue weighted by molar-refractivity contribution is 0.298. The van der Waals surface area contributed by atoms with E-state index < -0.39 is 0 Å². The zero-order valence-electron chi connectivity index (χ0n) is 11.6. The van der Waals surface area contributed by atoms with Gasteiger partial charge in [-0.3, -0.25) is 0 Å². The van der Waals surface area contributed by atoms with Gasteiger partial charge in [-0.25, -0.2) is 0 Å². The predicted octanol–water partition coefficient (Wildman–Crippen LogP) is 2.78. The Bertz CT molecular complexity index is 414. The van der Waals surface area contributed by atoms with Crippen LogP contribution in [0, 0.1) is 5.92 Å². The number of hydrogen-bond acceptors (Lipinski definition) is 1. The van der Waals surface area contributed by atoms with Crippen molar-refractivity contribution in [1.29, 1.82) is 0 Å². The van der Waals surface area contributed by atoms with E-state index in [-0.39, 0.29) is 0 Å². The van der Waals surface area contributed by atoms with Gasteiger partial charge in [0, 0.05) is 6.61 Å². The summed E-state index contributed by atoms with van der Waals surface area (Å²) in [7, 11) is 0.840. The molecule has 0 aliphatic carbocycles. The monoisotopic (exact) mass is 270 g/mol. The fourth-order valence-corrected chi connectivity index (χ4v) is 2.69. The first kappa shape index (κ1) is 14.0. The van der Waals surface area contributed by atoms with Crippen LogP contribution in [0.5, 0.6) is 0 Å². The fourth-order valence-electron chi connectivity index (χ4n) is 2.46. The molecule has 0 N–H and O–H groups in total. The van der Waals surface area contributed by atoms with Crippen LogP contribution in [0.2, 0.25) is 0 Å². The molecule has 2 aromatic carbocycles. The van der Waals surface area contributed by atoms with Crippen LogP contribution < -0.4 is 0 Å². The molecular weight excluding hydrogens is 248 g/mol. The minimum absolute atomic E-state index is 0.666. The smallest absolute Gasteiger partial charge is 0.145 e. The molecule has 0 aromatic heterocycles. The molecule has 0 atom stereocenters. The van der Waals surface area contributed by atoms with Crippen LogP contribution in [0.15, 0.2) is 60.7 Å².